The van der Waals surface area contributed by atoms with Gasteiger partial charge in [-0.2, -0.15) is 10.2 Å². The molecule has 36 heavy (non-hydrogen) atoms. The Morgan fingerprint density at radius 3 is 2.61 bits per heavy atom. The lowest BCUT2D eigenvalue weighted by molar-refractivity contribution is 0.312. The molecule has 0 spiro atoms. The second-order valence-electron chi connectivity index (χ2n) is 8.13. The highest BCUT2D eigenvalue weighted by molar-refractivity contribution is 7.89. The van der Waals surface area contributed by atoms with Gasteiger partial charge in [0.15, 0.2) is 18.2 Å². The van der Waals surface area contributed by atoms with E-state index < -0.39 is 15.8 Å². The van der Waals surface area contributed by atoms with Crippen molar-refractivity contribution in [2.75, 3.05) is 55.4 Å². The van der Waals surface area contributed by atoms with Crippen LogP contribution in [-0.4, -0.2) is 63.1 Å². The van der Waals surface area contributed by atoms with Crippen LogP contribution in [0.15, 0.2) is 53.6 Å². The maximum atomic E-state index is 14.4. The van der Waals surface area contributed by atoms with E-state index in [0.717, 1.165) is 19.3 Å². The van der Waals surface area contributed by atoms with Gasteiger partial charge in [0.05, 0.1) is 11.9 Å². The summed E-state index contributed by atoms with van der Waals surface area (Å²) in [6, 6.07) is 13.3. The number of nitrogens with zero attached hydrogens (tertiary/aromatic N) is 5. The first-order chi connectivity index (χ1) is 17.2. The Kier molecular flexibility index (Phi) is 7.49. The van der Waals surface area contributed by atoms with Crippen LogP contribution in [0.2, 0.25) is 0 Å². The molecule has 1 aliphatic heterocycles. The largest absolute Gasteiger partial charge is 0.479 e. The highest BCUT2D eigenvalue weighted by Gasteiger charge is 2.22. The van der Waals surface area contributed by atoms with Crippen LogP contribution >= 0.6 is 0 Å². The number of nitrogens with two attached hydrogens (primary N) is 1. The molecule has 1 aromatic heterocycles. The molecule has 4 rings (SSSR count). The topological polar surface area (TPSA) is 149 Å². The fourth-order valence-electron chi connectivity index (χ4n) is 3.69. The summed E-state index contributed by atoms with van der Waals surface area (Å²) in [4.78, 5) is 12.2. The van der Waals surface area contributed by atoms with E-state index in [0.29, 0.717) is 35.9 Å². The number of nitrogens with one attached hydrogen (secondary N) is 2. The third-order valence-corrected chi connectivity index (χ3v) is 6.45. The summed E-state index contributed by atoms with van der Waals surface area (Å²) in [6.07, 6.45) is 0.993. The number of aromatic nitrogens is 2. The molecule has 0 unspecified atom stereocenters. The minimum atomic E-state index is -4.02. The number of anilines is 5. The van der Waals surface area contributed by atoms with Crippen LogP contribution in [0.5, 0.6) is 5.75 Å². The highest BCUT2D eigenvalue weighted by Crippen LogP contribution is 2.30. The van der Waals surface area contributed by atoms with Gasteiger partial charge in [-0.05, 0) is 37.4 Å². The first-order valence-electron chi connectivity index (χ1n) is 11.0. The average molecular weight is 513 g/mol. The van der Waals surface area contributed by atoms with Crippen molar-refractivity contribution in [3.63, 3.8) is 0 Å². The van der Waals surface area contributed by atoms with Gasteiger partial charge in [0.2, 0.25) is 16.0 Å². The molecular weight excluding hydrogens is 487 g/mol. The number of halogens is 1. The van der Waals surface area contributed by atoms with E-state index in [4.69, 9.17) is 15.1 Å². The number of hydrogen-bond acceptors (Lipinski definition) is 10. The second kappa shape index (κ2) is 10.7. The fourth-order valence-corrected chi connectivity index (χ4v) is 4.47. The van der Waals surface area contributed by atoms with Crippen LogP contribution in [0, 0.1) is 17.1 Å². The minimum Gasteiger partial charge on any atom is -0.479 e. The molecule has 0 saturated carbocycles. The van der Waals surface area contributed by atoms with Gasteiger partial charge in [-0.15, -0.1) is 0 Å². The van der Waals surface area contributed by atoms with E-state index in [-0.39, 0.29) is 23.3 Å². The van der Waals surface area contributed by atoms with Crippen LogP contribution in [0.3, 0.4) is 0 Å². The molecule has 0 bridgehead atoms. The second-order valence-corrected chi connectivity index (χ2v) is 9.66. The number of nitriles is 1. The predicted molar refractivity (Wildman–Crippen MR) is 134 cm³/mol. The number of piperazine rings is 1. The van der Waals surface area contributed by atoms with Gasteiger partial charge in [-0.3, -0.25) is 0 Å². The molecule has 0 atom stereocenters. The Bertz CT molecular complexity index is 1390. The molecule has 13 heteroatoms. The molecule has 0 aliphatic carbocycles. The first-order valence-corrected chi connectivity index (χ1v) is 12.5. The van der Waals surface area contributed by atoms with Crippen molar-refractivity contribution in [1.82, 2.24) is 14.9 Å². The summed E-state index contributed by atoms with van der Waals surface area (Å²) in [5, 5.41) is 19.9. The van der Waals surface area contributed by atoms with Crippen LogP contribution in [0.1, 0.15) is 0 Å². The maximum absolute atomic E-state index is 14.4. The number of rotatable bonds is 8. The molecule has 2 heterocycles. The standard InChI is InChI=1S/C23H25FN8O3S/c1-31-8-10-32(11-9-31)20-6-5-17(14-21(20)36(26,33)34)29-23-27-15-19(24)22(30-23)28-16-3-2-4-18(13-16)35-12-7-25/h2-6,13-15H,8-12H2,1H3,(H2,26,33,34)(H2,27,28,29,30). The van der Waals surface area contributed by atoms with E-state index in [1.165, 1.54) is 6.07 Å². The van der Waals surface area contributed by atoms with Crippen molar-refractivity contribution < 1.29 is 17.5 Å². The fraction of sp³-hybridized carbons (Fsp3) is 0.261. The van der Waals surface area contributed by atoms with Gasteiger partial charge in [0, 0.05) is 43.6 Å². The number of ether oxygens (including phenoxy) is 1. The molecule has 0 radical (unpaired) electrons. The smallest absolute Gasteiger partial charge is 0.240 e. The number of benzene rings is 2. The molecule has 2 aromatic carbocycles. The Labute approximate surface area is 208 Å². The van der Waals surface area contributed by atoms with Crippen molar-refractivity contribution in [3.8, 4) is 11.8 Å². The summed E-state index contributed by atoms with van der Waals surface area (Å²) >= 11 is 0. The normalized spacial score (nSPS) is 14.2. The molecule has 188 valence electrons. The molecule has 11 nitrogen and oxygen atoms in total. The van der Waals surface area contributed by atoms with Crippen molar-refractivity contribution in [1.29, 1.82) is 5.26 Å². The minimum absolute atomic E-state index is 0.0216. The van der Waals surface area contributed by atoms with E-state index in [1.54, 1.807) is 36.4 Å². The molecule has 4 N–H and O–H groups in total. The number of sulfonamides is 1. The average Bonchev–Trinajstić information content (AvgIpc) is 2.85. The third kappa shape index (κ3) is 6.16. The van der Waals surface area contributed by atoms with Gasteiger partial charge in [-0.25, -0.2) is 22.9 Å². The summed E-state index contributed by atoms with van der Waals surface area (Å²) in [5.74, 6) is -0.320. The zero-order valence-electron chi connectivity index (χ0n) is 19.5. The molecular formula is C23H25FN8O3S. The van der Waals surface area contributed by atoms with Crippen LogP contribution < -0.4 is 25.4 Å². The Morgan fingerprint density at radius 2 is 1.89 bits per heavy atom. The zero-order chi connectivity index (χ0) is 25.7. The lowest BCUT2D eigenvalue weighted by Gasteiger charge is -2.35. The van der Waals surface area contributed by atoms with E-state index in [9.17, 15) is 12.8 Å². The lowest BCUT2D eigenvalue weighted by Crippen LogP contribution is -2.45. The lowest BCUT2D eigenvalue weighted by atomic mass is 10.2. The first kappa shape index (κ1) is 25.1. The highest BCUT2D eigenvalue weighted by atomic mass is 32.2. The van der Waals surface area contributed by atoms with Gasteiger partial charge in [0.1, 0.15) is 16.7 Å². The molecule has 0 amide bonds. The zero-order valence-corrected chi connectivity index (χ0v) is 20.3. The van der Waals surface area contributed by atoms with Gasteiger partial charge < -0.3 is 25.2 Å². The van der Waals surface area contributed by atoms with Gasteiger partial charge >= 0.3 is 0 Å². The van der Waals surface area contributed by atoms with Crippen LogP contribution in [-0.2, 0) is 10.0 Å². The SMILES string of the molecule is CN1CCN(c2ccc(Nc3ncc(F)c(Nc4cccc(OCC#N)c4)n3)cc2S(N)(=O)=O)CC1. The third-order valence-electron chi connectivity index (χ3n) is 5.51. The number of likely N-dealkylation sites (N-methyl/N-ethyl adjacent to an activating group) is 1. The Morgan fingerprint density at radius 1 is 1.14 bits per heavy atom. The van der Waals surface area contributed by atoms with Crippen LogP contribution in [0.25, 0.3) is 0 Å². The van der Waals surface area contributed by atoms with E-state index in [1.807, 2.05) is 18.0 Å². The Balaban J connectivity index is 1.56. The number of hydrogen-bond donors (Lipinski definition) is 3. The van der Waals surface area contributed by atoms with Crippen molar-refractivity contribution in [3.05, 3.63) is 54.5 Å². The van der Waals surface area contributed by atoms with Crippen molar-refractivity contribution in [2.45, 2.75) is 4.90 Å². The van der Waals surface area contributed by atoms with Crippen LogP contribution in [0.4, 0.5) is 33.2 Å². The molecule has 3 aromatic rings. The van der Waals surface area contributed by atoms with E-state index >= 15 is 0 Å². The molecule has 1 fully saturated rings. The monoisotopic (exact) mass is 512 g/mol. The summed E-state index contributed by atoms with van der Waals surface area (Å²) in [5.41, 5.74) is 1.39. The van der Waals surface area contributed by atoms with Gasteiger partial charge in [-0.1, -0.05) is 6.07 Å². The molecule has 1 aliphatic rings. The Hall–Kier alpha value is -3.99. The van der Waals surface area contributed by atoms with Crippen molar-refractivity contribution in [2.24, 2.45) is 5.14 Å². The van der Waals surface area contributed by atoms with Crippen molar-refractivity contribution >= 4 is 38.9 Å². The number of primary sulfonamides is 1. The summed E-state index contributed by atoms with van der Waals surface area (Å²) in [6.45, 7) is 2.83. The summed E-state index contributed by atoms with van der Waals surface area (Å²) in [7, 11) is -2.01. The molecule has 1 saturated heterocycles. The maximum Gasteiger partial charge on any atom is 0.240 e. The predicted octanol–water partition coefficient (Wildman–Crippen LogP) is 2.40. The summed E-state index contributed by atoms with van der Waals surface area (Å²) < 4.78 is 44.4. The van der Waals surface area contributed by atoms with E-state index in [2.05, 4.69) is 25.5 Å². The quantitative estimate of drug-likeness (QED) is 0.411. The van der Waals surface area contributed by atoms with Gasteiger partial charge in [0.25, 0.3) is 0 Å².